The maximum Gasteiger partial charge on any atom is 0.336 e. The molecule has 26 heavy (non-hydrogen) atoms. The van der Waals surface area contributed by atoms with Crippen molar-refractivity contribution in [1.82, 2.24) is 0 Å². The first-order valence-electron chi connectivity index (χ1n) is 8.31. The van der Waals surface area contributed by atoms with Crippen LogP contribution in [0.15, 0.2) is 45.1 Å². The Morgan fingerprint density at radius 2 is 1.96 bits per heavy atom. The Balaban J connectivity index is 1.62. The number of cyclic esters (lactones) is 1. The summed E-state index contributed by atoms with van der Waals surface area (Å²) in [7, 11) is 0. The number of aliphatic hydroxyl groups is 1. The van der Waals surface area contributed by atoms with E-state index >= 15 is 0 Å². The summed E-state index contributed by atoms with van der Waals surface area (Å²) >= 11 is 0. The van der Waals surface area contributed by atoms with Crippen LogP contribution in [0.25, 0.3) is 11.0 Å². The topological polar surface area (TPSA) is 95.2 Å². The molecule has 3 heterocycles. The Labute approximate surface area is 148 Å². The van der Waals surface area contributed by atoms with Gasteiger partial charge in [0.1, 0.15) is 18.3 Å². The van der Waals surface area contributed by atoms with Crippen molar-refractivity contribution in [3.8, 4) is 11.5 Å². The SMILES string of the molecule is CC1=C[C@H](C[C@](C)(O)[C@@H]2COc3ccc4ccc(=O)oc4c3O2)OC1=O. The van der Waals surface area contributed by atoms with Crippen molar-refractivity contribution in [3.05, 3.63) is 46.3 Å². The fourth-order valence-electron chi connectivity index (χ4n) is 3.21. The summed E-state index contributed by atoms with van der Waals surface area (Å²) in [6.45, 7) is 3.39. The third-order valence-electron chi connectivity index (χ3n) is 4.68. The molecule has 3 atom stereocenters. The van der Waals surface area contributed by atoms with Crippen LogP contribution in [0.5, 0.6) is 11.5 Å². The highest BCUT2D eigenvalue weighted by Gasteiger charge is 2.41. The second-order valence-corrected chi connectivity index (χ2v) is 6.84. The number of fused-ring (bicyclic) bond motifs is 3. The first-order valence-corrected chi connectivity index (χ1v) is 8.31. The van der Waals surface area contributed by atoms with Crippen molar-refractivity contribution in [2.24, 2.45) is 0 Å². The number of carbonyl (C=O) groups is 1. The van der Waals surface area contributed by atoms with E-state index in [1.165, 1.54) is 6.07 Å². The predicted molar refractivity (Wildman–Crippen MR) is 91.3 cm³/mol. The number of hydrogen-bond donors (Lipinski definition) is 1. The third kappa shape index (κ3) is 2.84. The van der Waals surface area contributed by atoms with Gasteiger partial charge in [0, 0.05) is 23.4 Å². The van der Waals surface area contributed by atoms with Gasteiger partial charge < -0.3 is 23.7 Å². The number of hydrogen-bond acceptors (Lipinski definition) is 7. The van der Waals surface area contributed by atoms with Crippen molar-refractivity contribution in [1.29, 1.82) is 0 Å². The van der Waals surface area contributed by atoms with Crippen LogP contribution in [-0.2, 0) is 9.53 Å². The zero-order valence-electron chi connectivity index (χ0n) is 14.4. The summed E-state index contributed by atoms with van der Waals surface area (Å²) in [6, 6.07) is 6.46. The second kappa shape index (κ2) is 5.88. The van der Waals surface area contributed by atoms with Crippen LogP contribution in [0, 0.1) is 0 Å². The summed E-state index contributed by atoms with van der Waals surface area (Å²) in [4.78, 5) is 23.1. The van der Waals surface area contributed by atoms with Crippen LogP contribution in [0.3, 0.4) is 0 Å². The highest BCUT2D eigenvalue weighted by atomic mass is 16.6. The summed E-state index contributed by atoms with van der Waals surface area (Å²) in [5.74, 6) is 0.346. The van der Waals surface area contributed by atoms with E-state index < -0.39 is 23.4 Å². The Bertz CT molecular complexity index is 970. The molecule has 4 rings (SSSR count). The molecule has 1 N–H and O–H groups in total. The second-order valence-electron chi connectivity index (χ2n) is 6.84. The summed E-state index contributed by atoms with van der Waals surface area (Å²) in [6.07, 6.45) is 0.601. The van der Waals surface area contributed by atoms with Gasteiger partial charge in [-0.05, 0) is 38.1 Å². The zero-order valence-corrected chi connectivity index (χ0v) is 14.4. The first kappa shape index (κ1) is 16.7. The van der Waals surface area contributed by atoms with Gasteiger partial charge in [-0.25, -0.2) is 9.59 Å². The van der Waals surface area contributed by atoms with Gasteiger partial charge in [-0.3, -0.25) is 0 Å². The highest BCUT2D eigenvalue weighted by molar-refractivity contribution is 5.90. The number of esters is 1. The standard InChI is InChI=1S/C19H18O7/c1-10-7-12(24-18(10)21)8-19(2,22)14-9-23-13-5-3-11-4-6-15(20)26-16(11)17(13)25-14/h3-7,12,14,22H,8-9H2,1-2H3/t12-,14+,19+/m1/s1. The molecule has 0 fully saturated rings. The third-order valence-corrected chi connectivity index (χ3v) is 4.68. The minimum Gasteiger partial charge on any atom is -0.486 e. The lowest BCUT2D eigenvalue weighted by Crippen LogP contribution is -2.50. The van der Waals surface area contributed by atoms with E-state index in [0.717, 1.165) is 0 Å². The minimum absolute atomic E-state index is 0.117. The summed E-state index contributed by atoms with van der Waals surface area (Å²) in [5.41, 5.74) is -1.04. The average Bonchev–Trinajstić information content (AvgIpc) is 2.91. The zero-order chi connectivity index (χ0) is 18.5. The number of benzene rings is 1. The highest BCUT2D eigenvalue weighted by Crippen LogP contribution is 2.40. The van der Waals surface area contributed by atoms with E-state index in [0.29, 0.717) is 16.7 Å². The fraction of sp³-hybridized carbons (Fsp3) is 0.368. The molecule has 7 heteroatoms. The molecule has 1 aromatic carbocycles. The lowest BCUT2D eigenvalue weighted by molar-refractivity contribution is -0.144. The van der Waals surface area contributed by atoms with Crippen molar-refractivity contribution in [2.75, 3.05) is 6.61 Å². The normalized spacial score (nSPS) is 24.1. The van der Waals surface area contributed by atoms with Crippen molar-refractivity contribution in [3.63, 3.8) is 0 Å². The van der Waals surface area contributed by atoms with Gasteiger partial charge in [-0.1, -0.05) is 0 Å². The maximum absolute atomic E-state index is 11.6. The Morgan fingerprint density at radius 1 is 1.19 bits per heavy atom. The molecule has 0 bridgehead atoms. The Hall–Kier alpha value is -2.80. The molecule has 0 saturated heterocycles. The van der Waals surface area contributed by atoms with Gasteiger partial charge in [0.2, 0.25) is 5.75 Å². The number of carbonyl (C=O) groups excluding carboxylic acids is 1. The molecule has 2 aliphatic rings. The van der Waals surface area contributed by atoms with Gasteiger partial charge in [0.25, 0.3) is 0 Å². The van der Waals surface area contributed by atoms with Crippen LogP contribution in [0.2, 0.25) is 0 Å². The van der Waals surface area contributed by atoms with E-state index in [1.807, 2.05) is 0 Å². The van der Waals surface area contributed by atoms with Crippen molar-refractivity contribution in [2.45, 2.75) is 38.1 Å². The van der Waals surface area contributed by atoms with Gasteiger partial charge in [-0.15, -0.1) is 0 Å². The molecule has 0 saturated carbocycles. The molecule has 0 spiro atoms. The monoisotopic (exact) mass is 358 g/mol. The van der Waals surface area contributed by atoms with Crippen LogP contribution >= 0.6 is 0 Å². The largest absolute Gasteiger partial charge is 0.486 e. The van der Waals surface area contributed by atoms with Crippen molar-refractivity contribution >= 4 is 16.9 Å². The van der Waals surface area contributed by atoms with E-state index in [4.69, 9.17) is 18.6 Å². The van der Waals surface area contributed by atoms with Gasteiger partial charge in [-0.2, -0.15) is 0 Å². The Kier molecular flexibility index (Phi) is 3.77. The molecule has 0 radical (unpaired) electrons. The summed E-state index contributed by atoms with van der Waals surface area (Å²) < 4.78 is 22.1. The van der Waals surface area contributed by atoms with Gasteiger partial charge in [0.15, 0.2) is 17.4 Å². The lowest BCUT2D eigenvalue weighted by atomic mass is 9.91. The molecule has 0 unspecified atom stereocenters. The van der Waals surface area contributed by atoms with E-state index in [9.17, 15) is 14.7 Å². The maximum atomic E-state index is 11.6. The molecule has 1 aromatic heterocycles. The van der Waals surface area contributed by atoms with Gasteiger partial charge >= 0.3 is 11.6 Å². The molecular weight excluding hydrogens is 340 g/mol. The van der Waals surface area contributed by atoms with Crippen LogP contribution < -0.4 is 15.1 Å². The van der Waals surface area contributed by atoms with E-state index in [2.05, 4.69) is 0 Å². The van der Waals surface area contributed by atoms with E-state index in [1.54, 1.807) is 38.1 Å². The molecular formula is C19H18O7. The molecule has 2 aromatic rings. The summed E-state index contributed by atoms with van der Waals surface area (Å²) in [5, 5.41) is 11.6. The van der Waals surface area contributed by atoms with Crippen LogP contribution in [-0.4, -0.2) is 35.5 Å². The fourth-order valence-corrected chi connectivity index (χ4v) is 3.21. The molecule has 0 aliphatic carbocycles. The molecule has 0 amide bonds. The first-order chi connectivity index (χ1) is 12.3. The molecule has 2 aliphatic heterocycles. The van der Waals surface area contributed by atoms with Crippen LogP contribution in [0.4, 0.5) is 0 Å². The van der Waals surface area contributed by atoms with Crippen molar-refractivity contribution < 1.29 is 28.5 Å². The smallest absolute Gasteiger partial charge is 0.336 e. The quantitative estimate of drug-likeness (QED) is 0.662. The molecule has 7 nitrogen and oxygen atoms in total. The lowest BCUT2D eigenvalue weighted by Gasteiger charge is -2.37. The predicted octanol–water partition coefficient (Wildman–Crippen LogP) is 1.95. The number of rotatable bonds is 3. The molecule has 136 valence electrons. The van der Waals surface area contributed by atoms with Gasteiger partial charge in [0.05, 0.1) is 0 Å². The number of ether oxygens (including phenoxy) is 3. The van der Waals surface area contributed by atoms with E-state index in [-0.39, 0.29) is 30.3 Å². The minimum atomic E-state index is -1.33. The average molecular weight is 358 g/mol. The van der Waals surface area contributed by atoms with Crippen LogP contribution in [0.1, 0.15) is 20.3 Å². The Morgan fingerprint density at radius 3 is 2.69 bits per heavy atom.